The van der Waals surface area contributed by atoms with Crippen molar-refractivity contribution >= 4 is 14.4 Å². The molecule has 0 amide bonds. The number of hydrogen-bond acceptors (Lipinski definition) is 0. The van der Waals surface area contributed by atoms with Gasteiger partial charge in [-0.2, -0.15) is 29.3 Å². The van der Waals surface area contributed by atoms with E-state index in [0.717, 1.165) is 6.42 Å². The minimum Gasteiger partial charge on any atom is -1.00 e. The molecule has 0 saturated carbocycles. The molecular weight excluding hydrogens is 751 g/mol. The van der Waals surface area contributed by atoms with Crippen LogP contribution >= 0.6 is 0 Å². The number of rotatable bonds is 2. The topological polar surface area (TPSA) is 0 Å². The van der Waals surface area contributed by atoms with Crippen molar-refractivity contribution in [2.75, 3.05) is 0 Å². The molecule has 0 aromatic heterocycles. The normalized spacial score (nSPS) is 15.8. The second-order valence-corrected chi connectivity index (χ2v) is 20.3. The number of hydrogen-bond donors (Lipinski definition) is 0. The van der Waals surface area contributed by atoms with Crippen molar-refractivity contribution in [1.82, 2.24) is 0 Å². The fourth-order valence-corrected chi connectivity index (χ4v) is 8.07. The number of allylic oxidation sites excluding steroid dienone is 4. The Bertz CT molecular complexity index is 1850. The SMILES string of the molecule is CC(C)(C)C1=[C-]C(C)(C)c2cc3c(cc21)-c1cc2c(cc1C3)C(C)(C)C=C2C(C)(C)C.CC(C)(C)c1cc[cH-]c1.CC[C](=[Zr+2])c1ccccc1.[Cl-].[Cl-]. The molecule has 0 saturated heterocycles. The van der Waals surface area contributed by atoms with Gasteiger partial charge >= 0.3 is 76.7 Å². The van der Waals surface area contributed by atoms with Gasteiger partial charge in [0, 0.05) is 5.41 Å². The van der Waals surface area contributed by atoms with E-state index in [2.05, 4.69) is 188 Å². The summed E-state index contributed by atoms with van der Waals surface area (Å²) in [6.07, 6.45) is 8.59. The first-order valence-corrected chi connectivity index (χ1v) is 19.9. The van der Waals surface area contributed by atoms with Crippen LogP contribution in [0.5, 0.6) is 0 Å². The molecule has 0 aliphatic heterocycles. The van der Waals surface area contributed by atoms with E-state index in [1.54, 1.807) is 3.21 Å². The van der Waals surface area contributed by atoms with E-state index in [1.165, 1.54) is 97.4 Å². The molecule has 0 spiro atoms. The van der Waals surface area contributed by atoms with Crippen LogP contribution in [0.2, 0.25) is 0 Å². The van der Waals surface area contributed by atoms with Gasteiger partial charge in [-0.1, -0.05) is 119 Å². The second-order valence-electron chi connectivity index (χ2n) is 18.8. The zero-order valence-electron chi connectivity index (χ0n) is 34.3. The Labute approximate surface area is 344 Å². The van der Waals surface area contributed by atoms with E-state index >= 15 is 0 Å². The predicted octanol–water partition coefficient (Wildman–Crippen LogP) is 7.38. The molecule has 3 aliphatic rings. The van der Waals surface area contributed by atoms with E-state index in [0.29, 0.717) is 5.41 Å². The number of benzene rings is 3. The van der Waals surface area contributed by atoms with Crippen LogP contribution in [-0.2, 0) is 46.9 Å². The maximum atomic E-state index is 3.85. The van der Waals surface area contributed by atoms with Crippen LogP contribution in [0.15, 0.2) is 84.9 Å². The van der Waals surface area contributed by atoms with Crippen LogP contribution in [0.1, 0.15) is 148 Å². The smallest absolute Gasteiger partial charge is 1.00 e. The van der Waals surface area contributed by atoms with Crippen LogP contribution < -0.4 is 24.8 Å². The molecule has 4 aromatic rings. The summed E-state index contributed by atoms with van der Waals surface area (Å²) in [6.45, 7) is 32.2. The molecule has 0 heterocycles. The van der Waals surface area contributed by atoms with Crippen molar-refractivity contribution in [3.8, 4) is 11.1 Å². The summed E-state index contributed by atoms with van der Waals surface area (Å²) >= 11 is 1.54. The van der Waals surface area contributed by atoms with Crippen LogP contribution in [0.25, 0.3) is 22.3 Å². The molecular formula is C49H60Cl2Zr-2. The third-order valence-electron chi connectivity index (χ3n) is 10.6. The summed E-state index contributed by atoms with van der Waals surface area (Å²) in [5.41, 5.74) is 18.0. The molecule has 52 heavy (non-hydrogen) atoms. The van der Waals surface area contributed by atoms with Gasteiger partial charge in [0.05, 0.1) is 0 Å². The van der Waals surface area contributed by atoms with Crippen LogP contribution in [-0.4, -0.2) is 3.21 Å². The zero-order valence-corrected chi connectivity index (χ0v) is 38.2. The maximum Gasteiger partial charge on any atom is -1.00 e. The van der Waals surface area contributed by atoms with E-state index in [9.17, 15) is 0 Å². The van der Waals surface area contributed by atoms with Gasteiger partial charge in [-0.15, -0.1) is 11.6 Å². The predicted molar refractivity (Wildman–Crippen MR) is 216 cm³/mol. The minimum absolute atomic E-state index is 0. The molecule has 0 fully saturated rings. The largest absolute Gasteiger partial charge is 1.00 e. The van der Waals surface area contributed by atoms with Crippen molar-refractivity contribution in [3.05, 3.63) is 136 Å². The maximum absolute atomic E-state index is 3.85. The first kappa shape index (κ1) is 44.2. The summed E-state index contributed by atoms with van der Waals surface area (Å²) < 4.78 is 1.55. The van der Waals surface area contributed by atoms with Crippen molar-refractivity contribution in [3.63, 3.8) is 0 Å². The quantitative estimate of drug-likeness (QED) is 0.164. The fourth-order valence-electron chi connectivity index (χ4n) is 7.66. The summed E-state index contributed by atoms with van der Waals surface area (Å²) in [4.78, 5) is 0. The molecule has 0 radical (unpaired) electrons. The molecule has 276 valence electrons. The molecule has 0 unspecified atom stereocenters. The first-order valence-electron chi connectivity index (χ1n) is 18.6. The Morgan fingerprint density at radius 1 is 0.712 bits per heavy atom. The van der Waals surface area contributed by atoms with Gasteiger partial charge in [-0.3, -0.25) is 6.08 Å². The van der Waals surface area contributed by atoms with Gasteiger partial charge in [0.2, 0.25) is 0 Å². The van der Waals surface area contributed by atoms with Crippen LogP contribution in [0, 0.1) is 16.9 Å². The molecule has 3 aliphatic carbocycles. The Morgan fingerprint density at radius 2 is 1.27 bits per heavy atom. The average Bonchev–Trinajstić information content (AvgIpc) is 3.79. The van der Waals surface area contributed by atoms with Crippen molar-refractivity contribution < 1.29 is 49.0 Å². The summed E-state index contributed by atoms with van der Waals surface area (Å²) in [6, 6.07) is 29.1. The summed E-state index contributed by atoms with van der Waals surface area (Å²) in [7, 11) is 0. The van der Waals surface area contributed by atoms with Gasteiger partial charge in [0.1, 0.15) is 0 Å². The summed E-state index contributed by atoms with van der Waals surface area (Å²) in [5, 5.41) is 0. The number of halogens is 2. The molecule has 0 N–H and O–H groups in total. The minimum atomic E-state index is -0.0202. The first-order chi connectivity index (χ1) is 23.0. The van der Waals surface area contributed by atoms with Gasteiger partial charge in [0.15, 0.2) is 0 Å². The fraction of sp³-hybridized carbons (Fsp3) is 0.429. The molecule has 0 bridgehead atoms. The van der Waals surface area contributed by atoms with Crippen LogP contribution in [0.3, 0.4) is 0 Å². The monoisotopic (exact) mass is 808 g/mol. The molecule has 0 atom stereocenters. The molecule has 4 aromatic carbocycles. The number of fused-ring (bicyclic) bond motifs is 5. The van der Waals surface area contributed by atoms with Crippen LogP contribution in [0.4, 0.5) is 0 Å². The standard InChI is InChI=1S/C31H37.C9H13.C9H10.2ClH.Zr/c1-28(2,3)26-16-30(7,8)24-12-18-11-19-13-25-23(15-21(19)20(18)14-22(24)26)27(29(4,5)6)17-31(25,9)10;1-9(2,3)8-6-4-5-7-8;1-2-6-9-7-4-3-5-8-9;;;/h12-16H,11H2,1-10H3;4-7H,1-3H3;3-5,7-8H,2H2,1H3;2*1H;/q2*-1;;;;+2/p-2. The zero-order chi connectivity index (χ0) is 37.0. The average molecular weight is 811 g/mol. The Morgan fingerprint density at radius 3 is 1.73 bits per heavy atom. The summed E-state index contributed by atoms with van der Waals surface area (Å²) in [5.74, 6) is 0. The van der Waals surface area contributed by atoms with Crippen molar-refractivity contribution in [1.29, 1.82) is 0 Å². The van der Waals surface area contributed by atoms with E-state index in [-0.39, 0.29) is 46.5 Å². The van der Waals surface area contributed by atoms with E-state index < -0.39 is 0 Å². The van der Waals surface area contributed by atoms with Gasteiger partial charge in [-0.25, -0.2) is 11.6 Å². The third kappa shape index (κ3) is 9.19. The molecule has 0 nitrogen and oxygen atoms in total. The molecule has 7 rings (SSSR count). The van der Waals surface area contributed by atoms with Crippen molar-refractivity contribution in [2.45, 2.75) is 126 Å². The molecule has 3 heteroatoms. The van der Waals surface area contributed by atoms with Gasteiger partial charge in [-0.05, 0) is 62.3 Å². The Hall–Kier alpha value is -2.18. The van der Waals surface area contributed by atoms with Gasteiger partial charge < -0.3 is 24.8 Å². The Balaban J connectivity index is 0.000000285. The second kappa shape index (κ2) is 15.9. The Kier molecular flexibility index (Phi) is 13.5. The third-order valence-corrected chi connectivity index (χ3v) is 12.2. The van der Waals surface area contributed by atoms with E-state index in [4.69, 9.17) is 0 Å². The van der Waals surface area contributed by atoms with E-state index in [1.807, 2.05) is 0 Å². The van der Waals surface area contributed by atoms with Gasteiger partial charge in [0.25, 0.3) is 0 Å². The van der Waals surface area contributed by atoms with Crippen molar-refractivity contribution in [2.24, 2.45) is 10.8 Å².